The molecule has 8 heteroatoms. The van der Waals surface area contributed by atoms with E-state index in [4.69, 9.17) is 16.3 Å². The number of aromatic nitrogens is 5. The molecule has 28 heavy (non-hydrogen) atoms. The second-order valence-electron chi connectivity index (χ2n) is 6.57. The highest BCUT2D eigenvalue weighted by molar-refractivity contribution is 6.33. The van der Waals surface area contributed by atoms with E-state index in [0.717, 1.165) is 34.7 Å². The van der Waals surface area contributed by atoms with Crippen LogP contribution in [0.5, 0.6) is 5.75 Å². The van der Waals surface area contributed by atoms with Crippen molar-refractivity contribution in [3.63, 3.8) is 0 Å². The van der Waals surface area contributed by atoms with E-state index >= 15 is 0 Å². The van der Waals surface area contributed by atoms with Crippen LogP contribution in [0.25, 0.3) is 16.8 Å². The maximum absolute atomic E-state index is 14.4. The molecule has 0 saturated carbocycles. The van der Waals surface area contributed by atoms with Crippen LogP contribution < -0.4 is 4.74 Å². The summed E-state index contributed by atoms with van der Waals surface area (Å²) >= 11 is 6.28. The van der Waals surface area contributed by atoms with Gasteiger partial charge < -0.3 is 4.74 Å². The molecule has 4 heterocycles. The molecule has 0 atom stereocenters. The lowest BCUT2D eigenvalue weighted by Crippen LogP contribution is -2.06. The largest absolute Gasteiger partial charge is 0.493 e. The quantitative estimate of drug-likeness (QED) is 0.527. The Kier molecular flexibility index (Phi) is 4.16. The summed E-state index contributed by atoms with van der Waals surface area (Å²) in [6.45, 7) is 0.598. The van der Waals surface area contributed by atoms with Gasteiger partial charge in [0.05, 0.1) is 11.6 Å². The monoisotopic (exact) mass is 395 g/mol. The second-order valence-corrected chi connectivity index (χ2v) is 6.98. The Hall–Kier alpha value is -3.06. The summed E-state index contributed by atoms with van der Waals surface area (Å²) in [6.07, 6.45) is 8.40. The number of benzene rings is 1. The molecule has 6 nitrogen and oxygen atoms in total. The van der Waals surface area contributed by atoms with E-state index in [1.54, 1.807) is 31.0 Å². The first-order valence-corrected chi connectivity index (χ1v) is 9.30. The number of halogens is 2. The van der Waals surface area contributed by atoms with Crippen molar-refractivity contribution in [3.05, 3.63) is 70.9 Å². The van der Waals surface area contributed by atoms with Crippen LogP contribution in [0.2, 0.25) is 5.02 Å². The van der Waals surface area contributed by atoms with Crippen LogP contribution in [-0.2, 0) is 19.3 Å². The van der Waals surface area contributed by atoms with Crippen LogP contribution in [0.15, 0.2) is 43.1 Å². The number of ether oxygens (including phenoxy) is 1. The molecule has 1 aromatic carbocycles. The van der Waals surface area contributed by atoms with E-state index in [0.29, 0.717) is 35.7 Å². The third-order valence-corrected chi connectivity index (χ3v) is 5.31. The summed E-state index contributed by atoms with van der Waals surface area (Å²) in [6, 6.07) is 4.98. The van der Waals surface area contributed by atoms with E-state index in [1.807, 2.05) is 10.5 Å². The highest BCUT2D eigenvalue weighted by Crippen LogP contribution is 2.32. The first-order valence-electron chi connectivity index (χ1n) is 8.93. The van der Waals surface area contributed by atoms with Gasteiger partial charge in [-0.2, -0.15) is 0 Å². The Morgan fingerprint density at radius 1 is 1.14 bits per heavy atom. The van der Waals surface area contributed by atoms with Crippen LogP contribution in [0.3, 0.4) is 0 Å². The van der Waals surface area contributed by atoms with Gasteiger partial charge >= 0.3 is 0 Å². The molecule has 0 saturated heterocycles. The van der Waals surface area contributed by atoms with Crippen LogP contribution >= 0.6 is 11.6 Å². The van der Waals surface area contributed by atoms with Crippen molar-refractivity contribution in [1.29, 1.82) is 0 Å². The SMILES string of the molecule is Fc1ccc2c(c1CCc1ncc(-c3ccncc3Cl)c3nncn13)CCO2. The normalized spacial score (nSPS) is 12.9. The van der Waals surface area contributed by atoms with Gasteiger partial charge in [0.2, 0.25) is 0 Å². The Labute approximate surface area is 165 Å². The van der Waals surface area contributed by atoms with E-state index in [9.17, 15) is 4.39 Å². The first-order chi connectivity index (χ1) is 13.7. The van der Waals surface area contributed by atoms with Gasteiger partial charge in [0.25, 0.3) is 0 Å². The fourth-order valence-electron chi connectivity index (χ4n) is 3.66. The molecule has 1 aliphatic heterocycles. The maximum atomic E-state index is 14.4. The molecule has 4 aromatic rings. The molecule has 0 spiro atoms. The molecule has 140 valence electrons. The second kappa shape index (κ2) is 6.83. The highest BCUT2D eigenvalue weighted by atomic mass is 35.5. The fourth-order valence-corrected chi connectivity index (χ4v) is 3.88. The summed E-state index contributed by atoms with van der Waals surface area (Å²) in [7, 11) is 0. The van der Waals surface area contributed by atoms with E-state index in [-0.39, 0.29) is 5.82 Å². The molecular formula is C20H15ClFN5O. The zero-order valence-corrected chi connectivity index (χ0v) is 15.5. The van der Waals surface area contributed by atoms with Crippen LogP contribution in [0, 0.1) is 5.82 Å². The zero-order chi connectivity index (χ0) is 19.1. The molecule has 3 aromatic heterocycles. The lowest BCUT2D eigenvalue weighted by atomic mass is 10.00. The van der Waals surface area contributed by atoms with E-state index in [1.165, 1.54) is 6.07 Å². The van der Waals surface area contributed by atoms with Gasteiger partial charge in [0, 0.05) is 48.1 Å². The molecule has 0 fully saturated rings. The van der Waals surface area contributed by atoms with Crippen LogP contribution in [-0.4, -0.2) is 31.2 Å². The Morgan fingerprint density at radius 3 is 2.96 bits per heavy atom. The predicted molar refractivity (Wildman–Crippen MR) is 102 cm³/mol. The minimum absolute atomic E-state index is 0.204. The molecule has 0 radical (unpaired) electrons. The molecule has 0 N–H and O–H groups in total. The number of fused-ring (bicyclic) bond motifs is 2. The van der Waals surface area contributed by atoms with Gasteiger partial charge in [-0.15, -0.1) is 10.2 Å². The van der Waals surface area contributed by atoms with Crippen molar-refractivity contribution >= 4 is 17.2 Å². The standard InChI is InChI=1S/C20H15ClFN5O/c21-16-10-23-7-5-12(16)15-9-24-19(27-11-25-26-20(15)27)4-1-13-14-6-8-28-18(14)3-2-17(13)22/h2-3,5,7,9-11H,1,4,6,8H2. The maximum Gasteiger partial charge on any atom is 0.171 e. The minimum Gasteiger partial charge on any atom is -0.493 e. The third kappa shape index (κ3) is 2.79. The molecule has 0 amide bonds. The Bertz CT molecular complexity index is 1190. The summed E-state index contributed by atoms with van der Waals surface area (Å²) in [5.74, 6) is 1.33. The smallest absolute Gasteiger partial charge is 0.171 e. The summed E-state index contributed by atoms with van der Waals surface area (Å²) in [4.78, 5) is 8.60. The van der Waals surface area contributed by atoms with Gasteiger partial charge in [-0.1, -0.05) is 11.6 Å². The third-order valence-electron chi connectivity index (χ3n) is 5.01. The van der Waals surface area contributed by atoms with Gasteiger partial charge in [0.15, 0.2) is 5.65 Å². The van der Waals surface area contributed by atoms with Crippen molar-refractivity contribution in [1.82, 2.24) is 24.6 Å². The predicted octanol–water partition coefficient (Wildman–Crippen LogP) is 3.70. The van der Waals surface area contributed by atoms with Crippen molar-refractivity contribution in [2.45, 2.75) is 19.3 Å². The highest BCUT2D eigenvalue weighted by Gasteiger charge is 2.20. The number of hydrogen-bond donors (Lipinski definition) is 0. The first kappa shape index (κ1) is 17.1. The van der Waals surface area contributed by atoms with Gasteiger partial charge in [-0.05, 0) is 30.2 Å². The van der Waals surface area contributed by atoms with E-state index in [2.05, 4.69) is 20.2 Å². The number of aryl methyl sites for hydroxylation is 1. The Balaban J connectivity index is 1.51. The van der Waals surface area contributed by atoms with Crippen molar-refractivity contribution in [2.75, 3.05) is 6.61 Å². The molecule has 0 bridgehead atoms. The van der Waals surface area contributed by atoms with Gasteiger partial charge in [0.1, 0.15) is 23.7 Å². The molecule has 0 aliphatic carbocycles. The topological polar surface area (TPSA) is 65.2 Å². The van der Waals surface area contributed by atoms with Crippen molar-refractivity contribution in [3.8, 4) is 16.9 Å². The number of hydrogen-bond acceptors (Lipinski definition) is 5. The molecule has 0 unspecified atom stereocenters. The number of pyridine rings is 1. The molecule has 1 aliphatic rings. The minimum atomic E-state index is -0.204. The molecule has 5 rings (SSSR count). The average molecular weight is 396 g/mol. The zero-order valence-electron chi connectivity index (χ0n) is 14.8. The summed E-state index contributed by atoms with van der Waals surface area (Å²) in [5, 5.41) is 8.77. The lowest BCUT2D eigenvalue weighted by molar-refractivity contribution is 0.356. The van der Waals surface area contributed by atoms with Gasteiger partial charge in [-0.3, -0.25) is 9.38 Å². The van der Waals surface area contributed by atoms with Crippen molar-refractivity contribution in [2.24, 2.45) is 0 Å². The summed E-state index contributed by atoms with van der Waals surface area (Å²) < 4.78 is 21.8. The lowest BCUT2D eigenvalue weighted by Gasteiger charge is -2.11. The number of rotatable bonds is 4. The number of nitrogens with zero attached hydrogens (tertiary/aromatic N) is 5. The average Bonchev–Trinajstić information content (AvgIpc) is 3.37. The van der Waals surface area contributed by atoms with E-state index < -0.39 is 0 Å². The summed E-state index contributed by atoms with van der Waals surface area (Å²) in [5.41, 5.74) is 3.87. The Morgan fingerprint density at radius 2 is 2.07 bits per heavy atom. The fraction of sp³-hybridized carbons (Fsp3) is 0.200. The van der Waals surface area contributed by atoms with Gasteiger partial charge in [-0.25, -0.2) is 9.37 Å². The molecular weight excluding hydrogens is 381 g/mol. The van der Waals surface area contributed by atoms with Crippen LogP contribution in [0.4, 0.5) is 4.39 Å². The van der Waals surface area contributed by atoms with Crippen LogP contribution in [0.1, 0.15) is 17.0 Å². The van der Waals surface area contributed by atoms with Crippen molar-refractivity contribution < 1.29 is 9.13 Å².